The van der Waals surface area contributed by atoms with E-state index < -0.39 is 41.7 Å². The van der Waals surface area contributed by atoms with Crippen molar-refractivity contribution >= 4 is 18.0 Å². The average Bonchev–Trinajstić information content (AvgIpc) is 3.44. The van der Waals surface area contributed by atoms with E-state index in [1.807, 2.05) is 48.5 Å². The van der Waals surface area contributed by atoms with Gasteiger partial charge in [0, 0.05) is 5.92 Å². The first-order valence-corrected chi connectivity index (χ1v) is 10.7. The molecule has 10 heteroatoms. The summed E-state index contributed by atoms with van der Waals surface area (Å²) < 4.78 is 56.2. The highest BCUT2D eigenvalue weighted by Gasteiger charge is 2.86. The molecule has 1 unspecified atom stereocenters. The second-order valence-electron chi connectivity index (χ2n) is 7.83. The van der Waals surface area contributed by atoms with Crippen LogP contribution in [0.3, 0.4) is 0 Å². The number of alkyl halides is 3. The third kappa shape index (κ3) is 3.57. The van der Waals surface area contributed by atoms with E-state index in [0.29, 0.717) is 0 Å². The van der Waals surface area contributed by atoms with E-state index >= 15 is 0 Å². The quantitative estimate of drug-likeness (QED) is 0.270. The summed E-state index contributed by atoms with van der Waals surface area (Å²) in [4.78, 5) is 38.0. The molecule has 0 N–H and O–H groups in total. The molecule has 34 heavy (non-hydrogen) atoms. The van der Waals surface area contributed by atoms with Crippen LogP contribution in [0.15, 0.2) is 48.5 Å². The van der Waals surface area contributed by atoms with Crippen LogP contribution < -0.4 is 0 Å². The summed E-state index contributed by atoms with van der Waals surface area (Å²) in [5.41, 5.74) is 0.624. The lowest BCUT2D eigenvalue weighted by atomic mass is 9.98. The highest BCUT2D eigenvalue weighted by molar-refractivity contribution is 6.13. The molecule has 1 fully saturated rings. The first-order valence-electron chi connectivity index (χ1n) is 10.7. The predicted molar refractivity (Wildman–Crippen MR) is 113 cm³/mol. The van der Waals surface area contributed by atoms with Crippen LogP contribution in [0, 0.1) is 0 Å². The Balaban J connectivity index is 1.62. The highest BCUT2D eigenvalue weighted by atomic mass is 19.4. The summed E-state index contributed by atoms with van der Waals surface area (Å²) in [6.45, 7) is 1.89. The largest absolute Gasteiger partial charge is 0.464 e. The minimum atomic E-state index is -5.09. The molecule has 1 aliphatic carbocycles. The summed E-state index contributed by atoms with van der Waals surface area (Å²) >= 11 is 0. The van der Waals surface area contributed by atoms with Gasteiger partial charge in [-0.25, -0.2) is 14.4 Å². The normalized spacial score (nSPS) is 18.0. The summed E-state index contributed by atoms with van der Waals surface area (Å²) in [6, 6.07) is 12.1. The number of fused-ring (bicyclic) bond motifs is 3. The van der Waals surface area contributed by atoms with Crippen molar-refractivity contribution in [3.8, 4) is 11.1 Å². The van der Waals surface area contributed by atoms with E-state index in [0.717, 1.165) is 22.3 Å². The van der Waals surface area contributed by atoms with Crippen LogP contribution in [-0.2, 0) is 23.8 Å². The smallest absolute Gasteiger partial charge is 0.412 e. The molecule has 1 heterocycles. The van der Waals surface area contributed by atoms with Crippen molar-refractivity contribution in [2.45, 2.75) is 37.5 Å². The second kappa shape index (κ2) is 8.66. The zero-order valence-electron chi connectivity index (χ0n) is 18.4. The number of esters is 2. The van der Waals surface area contributed by atoms with Gasteiger partial charge in [-0.15, -0.1) is 0 Å². The monoisotopic (exact) mass is 477 g/mol. The molecule has 2 aromatic carbocycles. The molecule has 1 amide bonds. The van der Waals surface area contributed by atoms with E-state index in [1.54, 1.807) is 0 Å². The maximum absolute atomic E-state index is 13.8. The number of benzene rings is 2. The Morgan fingerprint density at radius 1 is 0.853 bits per heavy atom. The standard InChI is InChI=1S/C24H22F3NO6/c1-3-32-20(29)23(21(30)33-4-2)19(24(25,26)27)28(23)22(31)34-13-18-16-11-7-5-9-14(16)15-10-6-8-12-17(15)18/h5-12,18-19H,3-4,13H2,1-2H3. The summed E-state index contributed by atoms with van der Waals surface area (Å²) in [6.07, 6.45) is -6.55. The van der Waals surface area contributed by atoms with Crippen molar-refractivity contribution in [3.05, 3.63) is 59.7 Å². The summed E-state index contributed by atoms with van der Waals surface area (Å²) in [5.74, 6) is -3.44. The van der Waals surface area contributed by atoms with Crippen molar-refractivity contribution in [3.63, 3.8) is 0 Å². The molecule has 0 spiro atoms. The number of nitrogens with zero attached hydrogens (tertiary/aromatic N) is 1. The second-order valence-corrected chi connectivity index (χ2v) is 7.83. The van der Waals surface area contributed by atoms with Crippen LogP contribution in [0.5, 0.6) is 0 Å². The number of halogens is 3. The van der Waals surface area contributed by atoms with Gasteiger partial charge in [0.25, 0.3) is 5.54 Å². The Hall–Kier alpha value is -3.56. The van der Waals surface area contributed by atoms with Crippen molar-refractivity contribution < 1.29 is 41.8 Å². The minimum absolute atomic E-state index is 0.0652. The van der Waals surface area contributed by atoms with Gasteiger partial charge in [0.1, 0.15) is 6.61 Å². The summed E-state index contributed by atoms with van der Waals surface area (Å²) in [5, 5.41) is 0. The molecule has 1 aliphatic heterocycles. The number of hydrogen-bond acceptors (Lipinski definition) is 6. The van der Waals surface area contributed by atoms with Crippen molar-refractivity contribution in [2.24, 2.45) is 0 Å². The Kier molecular flexibility index (Phi) is 6.01. The van der Waals surface area contributed by atoms with Crippen LogP contribution >= 0.6 is 0 Å². The van der Waals surface area contributed by atoms with E-state index in [2.05, 4.69) is 0 Å². The Labute approximate surface area is 193 Å². The van der Waals surface area contributed by atoms with Crippen molar-refractivity contribution in [2.75, 3.05) is 19.8 Å². The fourth-order valence-electron chi connectivity index (χ4n) is 4.57. The Bertz CT molecular complexity index is 1070. The number of ether oxygens (including phenoxy) is 3. The number of carbonyl (C=O) groups is 3. The van der Waals surface area contributed by atoms with E-state index in [-0.39, 0.29) is 24.7 Å². The lowest BCUT2D eigenvalue weighted by molar-refractivity contribution is -0.167. The Morgan fingerprint density at radius 3 is 1.76 bits per heavy atom. The first-order chi connectivity index (χ1) is 16.2. The van der Waals surface area contributed by atoms with Gasteiger partial charge in [-0.2, -0.15) is 13.2 Å². The van der Waals surface area contributed by atoms with Gasteiger partial charge < -0.3 is 14.2 Å². The molecule has 0 radical (unpaired) electrons. The molecule has 180 valence electrons. The van der Waals surface area contributed by atoms with Crippen LogP contribution in [0.1, 0.15) is 30.9 Å². The maximum atomic E-state index is 13.8. The molecule has 4 rings (SSSR count). The maximum Gasteiger partial charge on any atom is 0.412 e. The van der Waals surface area contributed by atoms with Gasteiger partial charge in [-0.05, 0) is 36.1 Å². The lowest BCUT2D eigenvalue weighted by Crippen LogP contribution is -2.45. The van der Waals surface area contributed by atoms with E-state index in [4.69, 9.17) is 14.2 Å². The van der Waals surface area contributed by atoms with Crippen molar-refractivity contribution in [1.29, 1.82) is 0 Å². The number of hydrogen-bond donors (Lipinski definition) is 0. The van der Waals surface area contributed by atoms with E-state index in [1.165, 1.54) is 13.8 Å². The molecule has 2 aliphatic rings. The first kappa shape index (κ1) is 23.6. The fraction of sp³-hybridized carbons (Fsp3) is 0.375. The molecule has 1 saturated heterocycles. The van der Waals surface area contributed by atoms with Gasteiger partial charge in [-0.1, -0.05) is 48.5 Å². The molecule has 0 saturated carbocycles. The molecule has 7 nitrogen and oxygen atoms in total. The summed E-state index contributed by atoms with van der Waals surface area (Å²) in [7, 11) is 0. The third-order valence-electron chi connectivity index (χ3n) is 5.98. The topological polar surface area (TPSA) is 81.9 Å². The molecule has 0 bridgehead atoms. The average molecular weight is 477 g/mol. The van der Waals surface area contributed by atoms with Gasteiger partial charge in [0.05, 0.1) is 13.2 Å². The molecule has 0 aromatic heterocycles. The van der Waals surface area contributed by atoms with Crippen LogP contribution in [0.2, 0.25) is 0 Å². The number of amides is 1. The zero-order chi connectivity index (χ0) is 24.7. The van der Waals surface area contributed by atoms with Gasteiger partial charge in [0.2, 0.25) is 0 Å². The lowest BCUT2D eigenvalue weighted by Gasteiger charge is -2.17. The number of rotatable bonds is 6. The molecular weight excluding hydrogens is 455 g/mol. The SMILES string of the molecule is CCOC(=O)C1(C(=O)OCC)C(C(F)(F)F)N1C(=O)OCC1c2ccccc2-c2ccccc21. The van der Waals surface area contributed by atoms with Crippen LogP contribution in [0.25, 0.3) is 11.1 Å². The molecule has 2 aromatic rings. The van der Waals surface area contributed by atoms with Gasteiger partial charge in [-0.3, -0.25) is 4.90 Å². The number of carbonyl (C=O) groups excluding carboxylic acids is 3. The zero-order valence-corrected chi connectivity index (χ0v) is 18.4. The molecular formula is C24H22F3NO6. The predicted octanol–water partition coefficient (Wildman–Crippen LogP) is 4.05. The van der Waals surface area contributed by atoms with Crippen molar-refractivity contribution in [1.82, 2.24) is 4.90 Å². The van der Waals surface area contributed by atoms with Crippen LogP contribution in [-0.4, -0.2) is 60.5 Å². The van der Waals surface area contributed by atoms with E-state index in [9.17, 15) is 27.6 Å². The Morgan fingerprint density at radius 2 is 1.32 bits per heavy atom. The van der Waals surface area contributed by atoms with Gasteiger partial charge in [0.15, 0.2) is 6.04 Å². The van der Waals surface area contributed by atoms with Crippen LogP contribution in [0.4, 0.5) is 18.0 Å². The fourth-order valence-corrected chi connectivity index (χ4v) is 4.57. The minimum Gasteiger partial charge on any atom is -0.464 e. The third-order valence-corrected chi connectivity index (χ3v) is 5.98. The highest BCUT2D eigenvalue weighted by Crippen LogP contribution is 2.53. The molecule has 1 atom stereocenters. The van der Waals surface area contributed by atoms with Gasteiger partial charge >= 0.3 is 24.2 Å².